The van der Waals surface area contributed by atoms with Gasteiger partial charge in [0.15, 0.2) is 0 Å². The maximum absolute atomic E-state index is 14.0. The first-order valence-electron chi connectivity index (χ1n) is 6.42. The summed E-state index contributed by atoms with van der Waals surface area (Å²) in [6.45, 7) is 3.49. The van der Waals surface area contributed by atoms with E-state index in [0.717, 1.165) is 19.0 Å². The van der Waals surface area contributed by atoms with Crippen LogP contribution in [0.2, 0.25) is 0 Å². The van der Waals surface area contributed by atoms with Crippen LogP contribution in [-0.2, 0) is 6.18 Å². The smallest absolute Gasteiger partial charge is 0.374 e. The highest BCUT2D eigenvalue weighted by atomic mass is 19.4. The molecular weight excluding hydrogens is 270 g/mol. The van der Waals surface area contributed by atoms with Crippen LogP contribution in [0.4, 0.5) is 17.6 Å². The lowest BCUT2D eigenvalue weighted by Crippen LogP contribution is -2.20. The Kier molecular flexibility index (Phi) is 4.16. The Morgan fingerprint density at radius 2 is 2.00 bits per heavy atom. The van der Waals surface area contributed by atoms with Crippen LogP contribution in [0.25, 0.3) is 5.57 Å². The summed E-state index contributed by atoms with van der Waals surface area (Å²) in [6.07, 6.45) is 1.49. The first-order chi connectivity index (χ1) is 9.43. The van der Waals surface area contributed by atoms with E-state index in [-0.39, 0.29) is 5.56 Å². The second kappa shape index (κ2) is 5.69. The largest absolute Gasteiger partial charge is 0.419 e. The lowest BCUT2D eigenvalue weighted by molar-refractivity contribution is -0.140. The van der Waals surface area contributed by atoms with Gasteiger partial charge in [-0.2, -0.15) is 13.2 Å². The predicted molar refractivity (Wildman–Crippen MR) is 70.4 cm³/mol. The van der Waals surface area contributed by atoms with Gasteiger partial charge in [-0.25, -0.2) is 4.39 Å². The monoisotopic (exact) mass is 285 g/mol. The summed E-state index contributed by atoms with van der Waals surface area (Å²) in [5.74, 6) is -1.21. The van der Waals surface area contributed by atoms with Crippen LogP contribution in [0.5, 0.6) is 0 Å². The van der Waals surface area contributed by atoms with Gasteiger partial charge in [-0.05, 0) is 30.3 Å². The minimum absolute atomic E-state index is 0.00720. The van der Waals surface area contributed by atoms with Crippen molar-refractivity contribution in [3.63, 3.8) is 0 Å². The van der Waals surface area contributed by atoms with E-state index in [4.69, 9.17) is 0 Å². The van der Waals surface area contributed by atoms with Gasteiger partial charge in [0, 0.05) is 18.7 Å². The molecule has 5 heteroatoms. The molecule has 1 aliphatic rings. The van der Waals surface area contributed by atoms with E-state index < -0.39 is 17.6 Å². The summed E-state index contributed by atoms with van der Waals surface area (Å²) in [5.41, 5.74) is -0.742. The molecule has 0 fully saturated rings. The second-order valence-corrected chi connectivity index (χ2v) is 4.64. The molecule has 0 radical (unpaired) electrons. The number of benzene rings is 1. The van der Waals surface area contributed by atoms with Gasteiger partial charge in [0.2, 0.25) is 0 Å². The predicted octanol–water partition coefficient (Wildman–Crippen LogP) is 4.47. The number of rotatable bonds is 3. The Bertz CT molecular complexity index is 543. The molecule has 108 valence electrons. The summed E-state index contributed by atoms with van der Waals surface area (Å²) < 4.78 is 52.0. The van der Waals surface area contributed by atoms with E-state index in [2.05, 4.69) is 0 Å². The molecular formula is C15H15F4N. The zero-order valence-electron chi connectivity index (χ0n) is 11.0. The van der Waals surface area contributed by atoms with E-state index in [1.807, 2.05) is 11.8 Å². The lowest BCUT2D eigenvalue weighted by Gasteiger charge is -2.22. The molecule has 0 saturated carbocycles. The van der Waals surface area contributed by atoms with Gasteiger partial charge in [-0.3, -0.25) is 0 Å². The third kappa shape index (κ3) is 3.03. The molecule has 0 spiro atoms. The molecule has 2 rings (SSSR count). The number of nitrogens with zero attached hydrogens (tertiary/aromatic N) is 1. The Labute approximate surface area is 115 Å². The number of allylic oxidation sites excluding steroid dienone is 2. The standard InChI is InChI=1S/C15H15F4N/c1-2-8-20-9-6-11(7-10-20)12-4-3-5-13(14(12)16)15(17,18)19/h3-7,9H,2,8,10H2,1H3. The highest BCUT2D eigenvalue weighted by molar-refractivity contribution is 5.75. The van der Waals surface area contributed by atoms with Crippen molar-refractivity contribution in [1.29, 1.82) is 0 Å². The van der Waals surface area contributed by atoms with E-state index in [1.165, 1.54) is 12.1 Å². The molecule has 0 bridgehead atoms. The van der Waals surface area contributed by atoms with Gasteiger partial charge in [0.25, 0.3) is 0 Å². The molecule has 20 heavy (non-hydrogen) atoms. The maximum atomic E-state index is 14.0. The van der Waals surface area contributed by atoms with Crippen molar-refractivity contribution >= 4 is 5.57 Å². The number of hydrogen-bond acceptors (Lipinski definition) is 1. The summed E-state index contributed by atoms with van der Waals surface area (Å²) >= 11 is 0. The molecule has 0 aliphatic carbocycles. The molecule has 0 saturated heterocycles. The first-order valence-corrected chi connectivity index (χ1v) is 6.42. The van der Waals surface area contributed by atoms with Gasteiger partial charge >= 0.3 is 6.18 Å². The highest BCUT2D eigenvalue weighted by Crippen LogP contribution is 2.34. The number of hydrogen-bond donors (Lipinski definition) is 0. The summed E-state index contributed by atoms with van der Waals surface area (Å²) in [5, 5.41) is 0. The Morgan fingerprint density at radius 3 is 2.55 bits per heavy atom. The van der Waals surface area contributed by atoms with Crippen LogP contribution < -0.4 is 0 Å². The number of alkyl halides is 3. The maximum Gasteiger partial charge on any atom is 0.419 e. The average molecular weight is 285 g/mol. The van der Waals surface area contributed by atoms with Gasteiger partial charge in [-0.15, -0.1) is 0 Å². The zero-order chi connectivity index (χ0) is 14.8. The third-order valence-electron chi connectivity index (χ3n) is 3.14. The van der Waals surface area contributed by atoms with Crippen LogP contribution in [0.3, 0.4) is 0 Å². The van der Waals surface area contributed by atoms with E-state index in [9.17, 15) is 17.6 Å². The molecule has 1 nitrogen and oxygen atoms in total. The fourth-order valence-electron chi connectivity index (χ4n) is 2.16. The molecule has 0 amide bonds. The van der Waals surface area contributed by atoms with Gasteiger partial charge in [-0.1, -0.05) is 25.1 Å². The fourth-order valence-corrected chi connectivity index (χ4v) is 2.16. The summed E-state index contributed by atoms with van der Waals surface area (Å²) in [4.78, 5) is 2.02. The van der Waals surface area contributed by atoms with Crippen LogP contribution in [0, 0.1) is 5.82 Å². The van der Waals surface area contributed by atoms with Crippen molar-refractivity contribution in [2.75, 3.05) is 13.1 Å². The van der Waals surface area contributed by atoms with Gasteiger partial charge in [0.1, 0.15) is 5.82 Å². The topological polar surface area (TPSA) is 3.24 Å². The molecule has 1 aliphatic heterocycles. The quantitative estimate of drug-likeness (QED) is 0.741. The molecule has 1 heterocycles. The van der Waals surface area contributed by atoms with Crippen molar-refractivity contribution in [2.24, 2.45) is 0 Å². The lowest BCUT2D eigenvalue weighted by atomic mass is 10.00. The molecule has 0 N–H and O–H groups in total. The van der Waals surface area contributed by atoms with Crippen molar-refractivity contribution in [2.45, 2.75) is 19.5 Å². The van der Waals surface area contributed by atoms with Crippen molar-refractivity contribution in [3.05, 3.63) is 53.5 Å². The molecule has 1 aromatic rings. The molecule has 0 unspecified atom stereocenters. The van der Waals surface area contributed by atoms with Crippen LogP contribution in [-0.4, -0.2) is 18.0 Å². The van der Waals surface area contributed by atoms with Crippen LogP contribution in [0.1, 0.15) is 24.5 Å². The summed E-state index contributed by atoms with van der Waals surface area (Å²) in [7, 11) is 0. The Balaban J connectivity index is 2.30. The van der Waals surface area contributed by atoms with Crippen molar-refractivity contribution < 1.29 is 17.6 Å². The number of halogens is 4. The van der Waals surface area contributed by atoms with Gasteiger partial charge < -0.3 is 4.90 Å². The van der Waals surface area contributed by atoms with Crippen LogP contribution >= 0.6 is 0 Å². The molecule has 1 aromatic carbocycles. The van der Waals surface area contributed by atoms with E-state index in [0.29, 0.717) is 12.1 Å². The molecule has 0 aromatic heterocycles. The normalized spacial score (nSPS) is 15.4. The first kappa shape index (κ1) is 14.6. The van der Waals surface area contributed by atoms with Crippen molar-refractivity contribution in [1.82, 2.24) is 4.90 Å². The Hall–Kier alpha value is -1.78. The van der Waals surface area contributed by atoms with E-state index >= 15 is 0 Å². The minimum atomic E-state index is -4.67. The van der Waals surface area contributed by atoms with Gasteiger partial charge in [0.05, 0.1) is 5.56 Å². The zero-order valence-corrected chi connectivity index (χ0v) is 11.0. The third-order valence-corrected chi connectivity index (χ3v) is 3.14. The van der Waals surface area contributed by atoms with Crippen molar-refractivity contribution in [3.8, 4) is 0 Å². The summed E-state index contributed by atoms with van der Waals surface area (Å²) in [6, 6.07) is 3.36. The second-order valence-electron chi connectivity index (χ2n) is 4.64. The SMILES string of the molecule is CCCN1C=CC(c2cccc(C(F)(F)F)c2F)=CC1. The average Bonchev–Trinajstić information content (AvgIpc) is 2.39. The van der Waals surface area contributed by atoms with Crippen LogP contribution in [0.15, 0.2) is 36.6 Å². The molecule has 0 atom stereocenters. The Morgan fingerprint density at radius 1 is 1.25 bits per heavy atom. The minimum Gasteiger partial charge on any atom is -0.374 e. The fraction of sp³-hybridized carbons (Fsp3) is 0.333. The highest BCUT2D eigenvalue weighted by Gasteiger charge is 2.35. The van der Waals surface area contributed by atoms with E-state index in [1.54, 1.807) is 18.4 Å².